The molecule has 0 aliphatic rings. The van der Waals surface area contributed by atoms with Crippen LogP contribution in [-0.2, 0) is 17.5 Å². The lowest BCUT2D eigenvalue weighted by Gasteiger charge is -2.12. The highest BCUT2D eigenvalue weighted by molar-refractivity contribution is 8.00. The van der Waals surface area contributed by atoms with E-state index in [-0.39, 0.29) is 21.7 Å². The third-order valence-corrected chi connectivity index (χ3v) is 5.05. The quantitative estimate of drug-likeness (QED) is 0.636. The van der Waals surface area contributed by atoms with Crippen LogP contribution in [0.1, 0.15) is 18.1 Å². The predicted molar refractivity (Wildman–Crippen MR) is 96.6 cm³/mol. The first kappa shape index (κ1) is 19.5. The van der Waals surface area contributed by atoms with Gasteiger partial charge in [0.05, 0.1) is 15.8 Å². The molecule has 0 bridgehead atoms. The summed E-state index contributed by atoms with van der Waals surface area (Å²) in [4.78, 5) is 12.3. The van der Waals surface area contributed by atoms with Crippen LogP contribution in [0.4, 0.5) is 13.2 Å². The molecule has 0 spiro atoms. The molecule has 1 N–H and O–H groups in total. The van der Waals surface area contributed by atoms with E-state index in [1.54, 1.807) is 6.92 Å². The Morgan fingerprint density at radius 3 is 2.67 bits per heavy atom. The number of thioether (sulfide) groups is 1. The molecule has 0 unspecified atom stereocenters. The molecule has 2 heterocycles. The van der Waals surface area contributed by atoms with Gasteiger partial charge >= 0.3 is 6.18 Å². The highest BCUT2D eigenvalue weighted by Gasteiger charge is 2.32. The topological polar surface area (TPSA) is 59.3 Å². The number of benzene rings is 1. The van der Waals surface area contributed by atoms with Gasteiger partial charge in [0.15, 0.2) is 10.8 Å². The van der Waals surface area contributed by atoms with E-state index in [4.69, 9.17) is 11.6 Å². The van der Waals surface area contributed by atoms with Gasteiger partial charge in [-0.3, -0.25) is 9.20 Å². The van der Waals surface area contributed by atoms with Gasteiger partial charge in [-0.1, -0.05) is 53.7 Å². The van der Waals surface area contributed by atoms with Gasteiger partial charge in [0.25, 0.3) is 0 Å². The summed E-state index contributed by atoms with van der Waals surface area (Å²) >= 11 is 6.89. The maximum absolute atomic E-state index is 13.0. The van der Waals surface area contributed by atoms with Gasteiger partial charge in [0.2, 0.25) is 5.91 Å². The Hall–Kier alpha value is -2.26. The summed E-state index contributed by atoms with van der Waals surface area (Å²) in [6.07, 6.45) is -3.68. The van der Waals surface area contributed by atoms with Gasteiger partial charge in [0, 0.05) is 12.7 Å². The van der Waals surface area contributed by atoms with Crippen molar-refractivity contribution in [2.45, 2.75) is 30.1 Å². The number of hydrogen-bond acceptors (Lipinski definition) is 4. The number of fused-ring (bicyclic) bond motifs is 1. The third-order valence-electron chi connectivity index (χ3n) is 3.72. The summed E-state index contributed by atoms with van der Waals surface area (Å²) in [6.45, 7) is 2.00. The molecule has 0 aliphatic carbocycles. The first-order valence-corrected chi connectivity index (χ1v) is 9.11. The fraction of sp³-hybridized carbons (Fsp3) is 0.235. The molecular weight excluding hydrogens is 401 g/mol. The van der Waals surface area contributed by atoms with Crippen molar-refractivity contribution in [3.8, 4) is 0 Å². The maximum atomic E-state index is 13.0. The standard InChI is InChI=1S/C17H14ClF3N4OS/c1-10(15(26)22-8-11-5-3-2-4-6-11)27-16-24-23-14-13(18)7-12(9-25(14)16)17(19,20)21/h2-7,9-10H,8H2,1H3,(H,22,26)/t10-/m1/s1. The molecule has 10 heteroatoms. The second-order valence-corrected chi connectivity index (χ2v) is 7.43. The second kappa shape index (κ2) is 7.77. The molecule has 0 aliphatic heterocycles. The number of aromatic nitrogens is 3. The predicted octanol–water partition coefficient (Wildman–Crippen LogP) is 4.20. The SMILES string of the molecule is C[C@@H](Sc1nnc2c(Cl)cc(C(F)(F)F)cn12)C(=O)NCc1ccccc1. The van der Waals surface area contributed by atoms with Crippen LogP contribution in [0, 0.1) is 0 Å². The molecule has 0 saturated carbocycles. The zero-order valence-electron chi connectivity index (χ0n) is 14.0. The van der Waals surface area contributed by atoms with Crippen LogP contribution in [0.25, 0.3) is 5.65 Å². The third kappa shape index (κ3) is 4.54. The average Bonchev–Trinajstić information content (AvgIpc) is 3.03. The van der Waals surface area contributed by atoms with Gasteiger partial charge in [-0.25, -0.2) is 0 Å². The van der Waals surface area contributed by atoms with Crippen molar-refractivity contribution in [1.82, 2.24) is 19.9 Å². The molecule has 0 radical (unpaired) electrons. The van der Waals surface area contributed by atoms with Gasteiger partial charge in [-0.2, -0.15) is 13.2 Å². The number of amides is 1. The summed E-state index contributed by atoms with van der Waals surface area (Å²) in [5.41, 5.74) is 0.129. The average molecular weight is 415 g/mol. The van der Waals surface area contributed by atoms with Gasteiger partial charge < -0.3 is 5.32 Å². The molecule has 1 aromatic carbocycles. The number of carbonyl (C=O) groups is 1. The van der Waals surface area contributed by atoms with E-state index in [0.29, 0.717) is 6.54 Å². The number of nitrogens with zero attached hydrogens (tertiary/aromatic N) is 3. The zero-order chi connectivity index (χ0) is 19.6. The summed E-state index contributed by atoms with van der Waals surface area (Å²) in [6, 6.07) is 10.2. The minimum absolute atomic E-state index is 0.101. The molecule has 1 amide bonds. The van der Waals surface area contributed by atoms with Crippen LogP contribution in [-0.4, -0.2) is 25.8 Å². The van der Waals surface area contributed by atoms with Gasteiger partial charge in [-0.05, 0) is 18.6 Å². The van der Waals surface area contributed by atoms with E-state index in [1.165, 1.54) is 0 Å². The molecule has 0 saturated heterocycles. The van der Waals surface area contributed by atoms with Crippen LogP contribution >= 0.6 is 23.4 Å². The van der Waals surface area contributed by atoms with Crippen LogP contribution in [0.15, 0.2) is 47.8 Å². The Kier molecular flexibility index (Phi) is 5.61. The molecule has 0 fully saturated rings. The fourth-order valence-electron chi connectivity index (χ4n) is 2.31. The Labute approximate surface area is 161 Å². The van der Waals surface area contributed by atoms with Crippen LogP contribution in [0.3, 0.4) is 0 Å². The normalized spacial score (nSPS) is 12.9. The lowest BCUT2D eigenvalue weighted by atomic mass is 10.2. The van der Waals surface area contributed by atoms with Crippen molar-refractivity contribution >= 4 is 34.9 Å². The minimum atomic E-state index is -4.55. The number of halogens is 4. The highest BCUT2D eigenvalue weighted by Crippen LogP contribution is 2.33. The minimum Gasteiger partial charge on any atom is -0.351 e. The lowest BCUT2D eigenvalue weighted by Crippen LogP contribution is -2.30. The molecule has 27 heavy (non-hydrogen) atoms. The van der Waals surface area contributed by atoms with Crippen LogP contribution in [0.2, 0.25) is 5.02 Å². The van der Waals surface area contributed by atoms with Crippen molar-refractivity contribution in [2.24, 2.45) is 0 Å². The number of pyridine rings is 1. The second-order valence-electron chi connectivity index (χ2n) is 5.71. The summed E-state index contributed by atoms with van der Waals surface area (Å²) in [5, 5.41) is 9.86. The molecule has 3 rings (SSSR count). The first-order valence-electron chi connectivity index (χ1n) is 7.85. The van der Waals surface area contributed by atoms with E-state index in [1.807, 2.05) is 30.3 Å². The Bertz CT molecular complexity index is 962. The fourth-order valence-corrected chi connectivity index (χ4v) is 3.40. The van der Waals surface area contributed by atoms with Gasteiger partial charge in [-0.15, -0.1) is 10.2 Å². The van der Waals surface area contributed by atoms with E-state index in [0.717, 1.165) is 34.0 Å². The van der Waals surface area contributed by atoms with Crippen molar-refractivity contribution in [3.05, 3.63) is 58.7 Å². The number of hydrogen-bond donors (Lipinski definition) is 1. The smallest absolute Gasteiger partial charge is 0.351 e. The Balaban J connectivity index is 1.75. The maximum Gasteiger partial charge on any atom is 0.417 e. The lowest BCUT2D eigenvalue weighted by molar-refractivity contribution is -0.137. The highest BCUT2D eigenvalue weighted by atomic mass is 35.5. The van der Waals surface area contributed by atoms with E-state index >= 15 is 0 Å². The molecule has 5 nitrogen and oxygen atoms in total. The van der Waals surface area contributed by atoms with Crippen molar-refractivity contribution in [1.29, 1.82) is 0 Å². The number of rotatable bonds is 5. The van der Waals surface area contributed by atoms with E-state index in [2.05, 4.69) is 15.5 Å². The number of carbonyl (C=O) groups excluding carboxylic acids is 1. The van der Waals surface area contributed by atoms with Crippen LogP contribution < -0.4 is 5.32 Å². The Morgan fingerprint density at radius 1 is 1.30 bits per heavy atom. The van der Waals surface area contributed by atoms with Gasteiger partial charge in [0.1, 0.15) is 0 Å². The zero-order valence-corrected chi connectivity index (χ0v) is 15.6. The van der Waals surface area contributed by atoms with Crippen molar-refractivity contribution in [2.75, 3.05) is 0 Å². The molecule has 1 atom stereocenters. The number of nitrogens with one attached hydrogen (secondary N) is 1. The van der Waals surface area contributed by atoms with E-state index < -0.39 is 17.0 Å². The summed E-state index contributed by atoms with van der Waals surface area (Å²) in [5.74, 6) is -0.265. The summed E-state index contributed by atoms with van der Waals surface area (Å²) in [7, 11) is 0. The van der Waals surface area contributed by atoms with E-state index in [9.17, 15) is 18.0 Å². The largest absolute Gasteiger partial charge is 0.417 e. The van der Waals surface area contributed by atoms with Crippen molar-refractivity contribution < 1.29 is 18.0 Å². The number of alkyl halides is 3. The van der Waals surface area contributed by atoms with Crippen LogP contribution in [0.5, 0.6) is 0 Å². The Morgan fingerprint density at radius 2 is 2.00 bits per heavy atom. The molecule has 3 aromatic rings. The first-order chi connectivity index (χ1) is 12.8. The molecular formula is C17H14ClF3N4OS. The summed E-state index contributed by atoms with van der Waals surface area (Å²) < 4.78 is 40.2. The molecule has 2 aromatic heterocycles. The molecule has 142 valence electrons. The van der Waals surface area contributed by atoms with Crippen molar-refractivity contribution in [3.63, 3.8) is 0 Å². The monoisotopic (exact) mass is 414 g/mol.